The molecule has 0 fully saturated rings. The topological polar surface area (TPSA) is 101 Å². The van der Waals surface area contributed by atoms with Crippen LogP contribution in [0.1, 0.15) is 11.6 Å². The Morgan fingerprint density at radius 1 is 1.15 bits per heavy atom. The number of hydrogen-bond acceptors (Lipinski definition) is 7. The lowest BCUT2D eigenvalue weighted by atomic mass is 10.0. The molecule has 0 unspecified atom stereocenters. The predicted molar refractivity (Wildman–Crippen MR) is 89.7 cm³/mol. The van der Waals surface area contributed by atoms with Crippen LogP contribution in [0.2, 0.25) is 0 Å². The molecule has 0 radical (unpaired) electrons. The summed E-state index contributed by atoms with van der Waals surface area (Å²) in [5, 5.41) is 0.360. The summed E-state index contributed by atoms with van der Waals surface area (Å²) in [7, 11) is 2.27. The van der Waals surface area contributed by atoms with Crippen LogP contribution in [0.3, 0.4) is 0 Å². The normalized spacial score (nSPS) is 16.2. The van der Waals surface area contributed by atoms with Crippen LogP contribution in [-0.2, 0) is 23.9 Å². The molecule has 8 heteroatoms. The molecule has 2 aromatic rings. The Bertz CT molecular complexity index is 1030. The van der Waals surface area contributed by atoms with Gasteiger partial charge >= 0.3 is 17.9 Å². The van der Waals surface area contributed by atoms with E-state index < -0.39 is 23.9 Å². The molecule has 0 amide bonds. The van der Waals surface area contributed by atoms with Gasteiger partial charge in [-0.15, -0.1) is 0 Å². The van der Waals surface area contributed by atoms with Gasteiger partial charge < -0.3 is 14.2 Å². The summed E-state index contributed by atoms with van der Waals surface area (Å²) in [6, 6.07) is 5.34. The number of methoxy groups -OCH3 is 2. The number of nitrogens with zero attached hydrogens (tertiary/aromatic N) is 1. The number of carbonyl (C=O) groups is 3. The molecule has 0 spiro atoms. The van der Waals surface area contributed by atoms with Crippen molar-refractivity contribution >= 4 is 28.8 Å². The van der Waals surface area contributed by atoms with Crippen LogP contribution in [0, 0.1) is 6.92 Å². The molecule has 1 atom stereocenters. The van der Waals surface area contributed by atoms with Gasteiger partial charge in [0.15, 0.2) is 11.5 Å². The number of para-hydroxylation sites is 1. The summed E-state index contributed by atoms with van der Waals surface area (Å²) in [6.45, 7) is 1.53. The minimum Gasteiger partial charge on any atom is -0.466 e. The zero-order chi connectivity index (χ0) is 19.0. The van der Waals surface area contributed by atoms with Crippen molar-refractivity contribution in [3.8, 4) is 5.88 Å². The van der Waals surface area contributed by atoms with Crippen molar-refractivity contribution in [1.29, 1.82) is 0 Å². The molecular weight excluding hydrogens is 342 g/mol. The molecule has 0 saturated carbocycles. The third kappa shape index (κ3) is 2.55. The van der Waals surface area contributed by atoms with Crippen LogP contribution in [0.15, 0.2) is 40.7 Å². The van der Waals surface area contributed by atoms with E-state index in [9.17, 15) is 19.2 Å². The molecular formula is C18H15NO7. The van der Waals surface area contributed by atoms with Gasteiger partial charge in [0.2, 0.25) is 5.88 Å². The summed E-state index contributed by atoms with van der Waals surface area (Å²) < 4.78 is 15.9. The van der Waals surface area contributed by atoms with Gasteiger partial charge in [-0.25, -0.2) is 14.4 Å². The highest BCUT2D eigenvalue weighted by Gasteiger charge is 2.41. The SMILES string of the molecule is COC(=O)/C=C(/C(=O)OC)[C@H]1C(=O)Oc2c(C)c(=O)c3ccccc3n21. The molecule has 26 heavy (non-hydrogen) atoms. The molecule has 1 aliphatic heterocycles. The number of pyridine rings is 1. The van der Waals surface area contributed by atoms with Crippen LogP contribution in [-0.4, -0.2) is 36.7 Å². The lowest BCUT2D eigenvalue weighted by Gasteiger charge is -2.16. The Morgan fingerprint density at radius 2 is 1.85 bits per heavy atom. The molecule has 2 heterocycles. The standard InChI is InChI=1S/C18H15NO7/c1-9-15(21)10-6-4-5-7-12(10)19-14(18(23)26-16(9)19)11(17(22)25-3)8-13(20)24-2/h4-8,14H,1-3H3/b11-8+/t14-/m0/s1. The zero-order valence-electron chi connectivity index (χ0n) is 14.3. The molecule has 0 saturated heterocycles. The van der Waals surface area contributed by atoms with Crippen molar-refractivity contribution in [2.75, 3.05) is 14.2 Å². The number of fused-ring (bicyclic) bond motifs is 3. The van der Waals surface area contributed by atoms with E-state index in [1.807, 2.05) is 0 Å². The van der Waals surface area contributed by atoms with E-state index in [-0.39, 0.29) is 22.4 Å². The smallest absolute Gasteiger partial charge is 0.340 e. The minimum atomic E-state index is -1.28. The monoisotopic (exact) mass is 357 g/mol. The predicted octanol–water partition coefficient (Wildman–Crippen LogP) is 1.04. The van der Waals surface area contributed by atoms with Gasteiger partial charge in [0.1, 0.15) is 0 Å². The fourth-order valence-corrected chi connectivity index (χ4v) is 2.92. The number of ether oxygens (including phenoxy) is 3. The second kappa shape index (κ2) is 6.47. The maximum Gasteiger partial charge on any atom is 0.340 e. The number of carbonyl (C=O) groups excluding carboxylic acids is 3. The van der Waals surface area contributed by atoms with Crippen molar-refractivity contribution in [3.05, 3.63) is 51.7 Å². The van der Waals surface area contributed by atoms with E-state index in [1.54, 1.807) is 24.3 Å². The van der Waals surface area contributed by atoms with Gasteiger partial charge in [0.25, 0.3) is 0 Å². The quantitative estimate of drug-likeness (QED) is 0.597. The maximum absolute atomic E-state index is 12.5. The van der Waals surface area contributed by atoms with Gasteiger partial charge in [-0.1, -0.05) is 12.1 Å². The lowest BCUT2D eigenvalue weighted by Crippen LogP contribution is -2.24. The van der Waals surface area contributed by atoms with E-state index in [0.717, 1.165) is 20.3 Å². The highest BCUT2D eigenvalue weighted by Crippen LogP contribution is 2.37. The fourth-order valence-electron chi connectivity index (χ4n) is 2.92. The van der Waals surface area contributed by atoms with E-state index in [0.29, 0.717) is 10.9 Å². The highest BCUT2D eigenvalue weighted by molar-refractivity contribution is 6.04. The molecule has 0 N–H and O–H groups in total. The van der Waals surface area contributed by atoms with E-state index >= 15 is 0 Å². The van der Waals surface area contributed by atoms with Gasteiger partial charge in [0.05, 0.1) is 30.9 Å². The molecule has 3 rings (SSSR count). The average Bonchev–Trinajstić information content (AvgIpc) is 3.00. The first-order valence-electron chi connectivity index (χ1n) is 7.64. The van der Waals surface area contributed by atoms with Gasteiger partial charge in [-0.2, -0.15) is 0 Å². The third-order valence-corrected chi connectivity index (χ3v) is 4.16. The van der Waals surface area contributed by atoms with Crippen LogP contribution in [0.4, 0.5) is 0 Å². The van der Waals surface area contributed by atoms with Gasteiger partial charge in [-0.3, -0.25) is 9.36 Å². The number of esters is 3. The second-order valence-electron chi connectivity index (χ2n) is 5.58. The summed E-state index contributed by atoms with van der Waals surface area (Å²) in [5.74, 6) is -2.48. The van der Waals surface area contributed by atoms with Crippen molar-refractivity contribution in [1.82, 2.24) is 4.57 Å². The lowest BCUT2D eigenvalue weighted by molar-refractivity contribution is -0.141. The zero-order valence-corrected chi connectivity index (χ0v) is 14.3. The molecule has 1 aliphatic rings. The fraction of sp³-hybridized carbons (Fsp3) is 0.222. The first-order chi connectivity index (χ1) is 12.4. The highest BCUT2D eigenvalue weighted by atomic mass is 16.6. The van der Waals surface area contributed by atoms with Crippen LogP contribution in [0.5, 0.6) is 5.88 Å². The van der Waals surface area contributed by atoms with Crippen molar-refractivity contribution in [2.24, 2.45) is 0 Å². The molecule has 0 bridgehead atoms. The molecule has 134 valence electrons. The van der Waals surface area contributed by atoms with E-state index in [2.05, 4.69) is 4.74 Å². The second-order valence-corrected chi connectivity index (χ2v) is 5.58. The van der Waals surface area contributed by atoms with E-state index in [1.165, 1.54) is 11.5 Å². The summed E-state index contributed by atoms with van der Waals surface area (Å²) in [5.41, 5.74) is 0.0867. The Kier molecular flexibility index (Phi) is 4.33. The van der Waals surface area contributed by atoms with Crippen molar-refractivity contribution in [3.63, 3.8) is 0 Å². The first-order valence-corrected chi connectivity index (χ1v) is 7.64. The molecule has 8 nitrogen and oxygen atoms in total. The van der Waals surface area contributed by atoms with Gasteiger partial charge in [-0.05, 0) is 19.1 Å². The maximum atomic E-state index is 12.5. The number of benzene rings is 1. The largest absolute Gasteiger partial charge is 0.466 e. The average molecular weight is 357 g/mol. The van der Waals surface area contributed by atoms with Crippen molar-refractivity contribution in [2.45, 2.75) is 13.0 Å². The Hall–Kier alpha value is -3.42. The summed E-state index contributed by atoms with van der Waals surface area (Å²) >= 11 is 0. The number of rotatable bonds is 3. The Morgan fingerprint density at radius 3 is 2.50 bits per heavy atom. The van der Waals surface area contributed by atoms with Crippen LogP contribution >= 0.6 is 0 Å². The first kappa shape index (κ1) is 17.4. The van der Waals surface area contributed by atoms with Gasteiger partial charge in [0, 0.05) is 11.5 Å². The number of hydrogen-bond donors (Lipinski definition) is 0. The third-order valence-electron chi connectivity index (χ3n) is 4.16. The molecule has 1 aromatic carbocycles. The van der Waals surface area contributed by atoms with Crippen LogP contribution in [0.25, 0.3) is 10.9 Å². The van der Waals surface area contributed by atoms with Crippen LogP contribution < -0.4 is 10.2 Å². The van der Waals surface area contributed by atoms with E-state index in [4.69, 9.17) is 9.47 Å². The summed E-state index contributed by atoms with van der Waals surface area (Å²) in [6.07, 6.45) is 0.884. The minimum absolute atomic E-state index is 0.0309. The summed E-state index contributed by atoms with van der Waals surface area (Å²) in [4.78, 5) is 48.9. The molecule has 0 aliphatic carbocycles. The number of aromatic nitrogens is 1. The molecule has 1 aromatic heterocycles. The van der Waals surface area contributed by atoms with Crippen molar-refractivity contribution < 1.29 is 28.6 Å². The Labute approximate surface area is 147 Å². The Balaban J connectivity index is 2.35.